The highest BCUT2D eigenvalue weighted by Crippen LogP contribution is 2.45. The number of nitrogens with two attached hydrogens (primary N) is 1. The van der Waals surface area contributed by atoms with Crippen LogP contribution in [0.4, 0.5) is 18.9 Å². The number of piperidine rings is 1. The number of rotatable bonds is 3. The molecule has 2 amide bonds. The fourth-order valence-corrected chi connectivity index (χ4v) is 5.97. The van der Waals surface area contributed by atoms with E-state index in [1.165, 1.54) is 6.07 Å². The summed E-state index contributed by atoms with van der Waals surface area (Å²) in [6.45, 7) is 1.51. The quantitative estimate of drug-likeness (QED) is 0.662. The van der Waals surface area contributed by atoms with Gasteiger partial charge in [0.15, 0.2) is 0 Å². The van der Waals surface area contributed by atoms with Crippen molar-refractivity contribution in [3.8, 4) is 6.07 Å². The lowest BCUT2D eigenvalue weighted by Crippen LogP contribution is -2.46. The molecule has 2 N–H and O–H groups in total. The molecule has 1 aromatic carbocycles. The summed E-state index contributed by atoms with van der Waals surface area (Å²) in [6.07, 6.45) is 3.24. The molecule has 3 fully saturated rings. The molecule has 4 rings (SSSR count). The number of carbonyl (C=O) groups excluding carboxylic acids is 2. The third-order valence-corrected chi connectivity index (χ3v) is 7.94. The van der Waals surface area contributed by atoms with Gasteiger partial charge in [-0.1, -0.05) is 25.7 Å². The Bertz CT molecular complexity index is 971. The molecule has 34 heavy (non-hydrogen) atoms. The summed E-state index contributed by atoms with van der Waals surface area (Å²) in [6, 6.07) is 4.80. The molecule has 1 atom stereocenters. The normalized spacial score (nSPS) is 23.5. The molecule has 3 aliphatic rings. The van der Waals surface area contributed by atoms with Crippen LogP contribution in [0.25, 0.3) is 0 Å². The summed E-state index contributed by atoms with van der Waals surface area (Å²) in [7, 11) is 0. The van der Waals surface area contributed by atoms with E-state index in [9.17, 15) is 22.8 Å². The monoisotopic (exact) mass is 476 g/mol. The van der Waals surface area contributed by atoms with Gasteiger partial charge in [-0.3, -0.25) is 9.59 Å². The van der Waals surface area contributed by atoms with Crippen molar-refractivity contribution in [3.63, 3.8) is 0 Å². The Morgan fingerprint density at radius 2 is 1.74 bits per heavy atom. The maximum atomic E-state index is 13.4. The van der Waals surface area contributed by atoms with Gasteiger partial charge in [-0.2, -0.15) is 18.4 Å². The van der Waals surface area contributed by atoms with Gasteiger partial charge in [0.1, 0.15) is 6.04 Å². The lowest BCUT2D eigenvalue weighted by Gasteiger charge is -2.40. The van der Waals surface area contributed by atoms with E-state index in [0.717, 1.165) is 44.6 Å². The fourth-order valence-electron chi connectivity index (χ4n) is 5.97. The zero-order chi connectivity index (χ0) is 24.5. The number of benzene rings is 1. The number of carbonyl (C=O) groups is 2. The summed E-state index contributed by atoms with van der Waals surface area (Å²) in [4.78, 5) is 29.2. The van der Waals surface area contributed by atoms with Crippen molar-refractivity contribution in [1.82, 2.24) is 4.90 Å². The second-order valence-corrected chi connectivity index (χ2v) is 10.1. The van der Waals surface area contributed by atoms with E-state index in [1.807, 2.05) is 4.90 Å². The van der Waals surface area contributed by atoms with E-state index in [0.29, 0.717) is 44.6 Å². The number of alkyl halides is 3. The molecular weight excluding hydrogens is 445 g/mol. The van der Waals surface area contributed by atoms with Gasteiger partial charge in [-0.25, -0.2) is 0 Å². The van der Waals surface area contributed by atoms with Gasteiger partial charge in [-0.05, 0) is 55.7 Å². The van der Waals surface area contributed by atoms with Crippen LogP contribution in [0.15, 0.2) is 18.2 Å². The van der Waals surface area contributed by atoms with Crippen LogP contribution in [0, 0.1) is 22.7 Å². The molecule has 1 spiro atoms. The first-order chi connectivity index (χ1) is 16.1. The number of anilines is 1. The largest absolute Gasteiger partial charge is 0.417 e. The van der Waals surface area contributed by atoms with Gasteiger partial charge in [0.05, 0.1) is 17.2 Å². The average molecular weight is 477 g/mol. The highest BCUT2D eigenvalue weighted by Gasteiger charge is 2.50. The van der Waals surface area contributed by atoms with Crippen LogP contribution < -0.4 is 10.6 Å². The molecule has 9 heteroatoms. The summed E-state index contributed by atoms with van der Waals surface area (Å²) < 4.78 is 40.2. The highest BCUT2D eigenvalue weighted by atomic mass is 19.4. The van der Waals surface area contributed by atoms with Crippen LogP contribution in [0.1, 0.15) is 68.9 Å². The number of nitrogens with zero attached hydrogens (tertiary/aromatic N) is 3. The first-order valence-corrected chi connectivity index (χ1v) is 12.1. The molecule has 184 valence electrons. The van der Waals surface area contributed by atoms with Crippen LogP contribution >= 0.6 is 0 Å². The summed E-state index contributed by atoms with van der Waals surface area (Å²) in [5.41, 5.74) is 4.56. The van der Waals surface area contributed by atoms with Crippen molar-refractivity contribution in [1.29, 1.82) is 5.26 Å². The first-order valence-electron chi connectivity index (χ1n) is 12.1. The Morgan fingerprint density at radius 3 is 2.29 bits per heavy atom. The van der Waals surface area contributed by atoms with Crippen LogP contribution in [-0.2, 0) is 15.8 Å². The lowest BCUT2D eigenvalue weighted by molar-refractivity contribution is -0.141. The van der Waals surface area contributed by atoms with Crippen molar-refractivity contribution >= 4 is 17.5 Å². The number of hydrogen-bond acceptors (Lipinski definition) is 4. The Labute approximate surface area is 197 Å². The van der Waals surface area contributed by atoms with Gasteiger partial charge < -0.3 is 15.5 Å². The maximum Gasteiger partial charge on any atom is 0.417 e. The number of likely N-dealkylation sites (tertiary alicyclic amines) is 1. The van der Waals surface area contributed by atoms with Gasteiger partial charge in [0, 0.05) is 31.2 Å². The summed E-state index contributed by atoms with van der Waals surface area (Å²) >= 11 is 0. The molecule has 1 aliphatic carbocycles. The SMILES string of the molecule is N#Cc1ccc(N2CCC3(CC2)CC(C(N)=O)N(C(=O)C2CCCCCC2)C3)cc1C(F)(F)F. The van der Waals surface area contributed by atoms with Gasteiger partial charge in [0.2, 0.25) is 11.8 Å². The number of amides is 2. The molecule has 1 saturated carbocycles. The van der Waals surface area contributed by atoms with Crippen molar-refractivity contribution in [3.05, 3.63) is 29.3 Å². The minimum Gasteiger partial charge on any atom is -0.371 e. The summed E-state index contributed by atoms with van der Waals surface area (Å²) in [5.74, 6) is -0.505. The number of halogens is 3. The zero-order valence-electron chi connectivity index (χ0n) is 19.2. The number of nitriles is 1. The lowest BCUT2D eigenvalue weighted by atomic mass is 9.76. The Morgan fingerprint density at radius 1 is 1.09 bits per heavy atom. The Kier molecular flexibility index (Phi) is 6.79. The molecule has 1 aromatic rings. The van der Waals surface area contributed by atoms with Gasteiger partial charge in [0.25, 0.3) is 0 Å². The van der Waals surface area contributed by atoms with Gasteiger partial charge in [-0.15, -0.1) is 0 Å². The molecule has 2 heterocycles. The third kappa shape index (κ3) is 4.86. The van der Waals surface area contributed by atoms with Crippen LogP contribution in [0.5, 0.6) is 0 Å². The van der Waals surface area contributed by atoms with Crippen molar-refractivity contribution in [2.24, 2.45) is 17.1 Å². The molecule has 0 bridgehead atoms. The van der Waals surface area contributed by atoms with E-state index in [4.69, 9.17) is 11.0 Å². The smallest absolute Gasteiger partial charge is 0.371 e. The molecule has 0 aromatic heterocycles. The minimum absolute atomic E-state index is 0.0342. The predicted octanol–water partition coefficient (Wildman–Crippen LogP) is 4.22. The van der Waals surface area contributed by atoms with Crippen LogP contribution in [0.2, 0.25) is 0 Å². The summed E-state index contributed by atoms with van der Waals surface area (Å²) in [5, 5.41) is 9.04. The molecular formula is C25H31F3N4O2. The van der Waals surface area contributed by atoms with E-state index in [-0.39, 0.29) is 17.2 Å². The van der Waals surface area contributed by atoms with Crippen molar-refractivity contribution in [2.75, 3.05) is 24.5 Å². The molecule has 1 unspecified atom stereocenters. The standard InChI is InChI=1S/C25H31F3N4O2/c26-25(27,28)20-13-19(8-7-18(20)15-29)31-11-9-24(10-12-31)14-21(22(30)33)32(16-24)23(34)17-5-3-1-2-4-6-17/h7-8,13,17,21H,1-6,9-12,14,16H2,(H2,30,33). The first kappa shape index (κ1) is 24.4. The predicted molar refractivity (Wildman–Crippen MR) is 121 cm³/mol. The second-order valence-electron chi connectivity index (χ2n) is 10.1. The van der Waals surface area contributed by atoms with E-state index >= 15 is 0 Å². The fraction of sp³-hybridized carbons (Fsp3) is 0.640. The molecule has 2 aliphatic heterocycles. The zero-order valence-corrected chi connectivity index (χ0v) is 19.2. The van der Waals surface area contributed by atoms with Crippen LogP contribution in [0.3, 0.4) is 0 Å². The minimum atomic E-state index is -4.60. The third-order valence-electron chi connectivity index (χ3n) is 7.94. The molecule has 0 radical (unpaired) electrons. The van der Waals surface area contributed by atoms with E-state index in [2.05, 4.69) is 0 Å². The van der Waals surface area contributed by atoms with E-state index in [1.54, 1.807) is 17.0 Å². The molecule has 6 nitrogen and oxygen atoms in total. The van der Waals surface area contributed by atoms with Crippen LogP contribution in [-0.4, -0.2) is 42.4 Å². The average Bonchev–Trinajstić information content (AvgIpc) is 2.98. The van der Waals surface area contributed by atoms with E-state index < -0.39 is 29.3 Å². The number of hydrogen-bond donors (Lipinski definition) is 1. The topological polar surface area (TPSA) is 90.4 Å². The number of primary amides is 1. The second kappa shape index (κ2) is 9.47. The Balaban J connectivity index is 1.48. The van der Waals surface area contributed by atoms with Crippen molar-refractivity contribution in [2.45, 2.75) is 70.0 Å². The van der Waals surface area contributed by atoms with Gasteiger partial charge >= 0.3 is 6.18 Å². The highest BCUT2D eigenvalue weighted by molar-refractivity contribution is 5.88. The van der Waals surface area contributed by atoms with Crippen molar-refractivity contribution < 1.29 is 22.8 Å². The molecule has 2 saturated heterocycles. The Hall–Kier alpha value is -2.76. The maximum absolute atomic E-state index is 13.4.